The van der Waals surface area contributed by atoms with Crippen molar-refractivity contribution in [2.75, 3.05) is 39.9 Å². The Morgan fingerprint density at radius 2 is 1.86 bits per heavy atom. The first-order valence-electron chi connectivity index (χ1n) is 19.4. The molecular formula is C42H43N3O11S. The van der Waals surface area contributed by atoms with Gasteiger partial charge in [0.2, 0.25) is 6.79 Å². The summed E-state index contributed by atoms with van der Waals surface area (Å²) in [5.41, 5.74) is 4.21. The Labute approximate surface area is 332 Å². The second-order valence-electron chi connectivity index (χ2n) is 16.4. The molecule has 12 rings (SSSR count). The Hall–Kier alpha value is -4.67. The third-order valence-corrected chi connectivity index (χ3v) is 15.2. The van der Waals surface area contributed by atoms with E-state index < -0.39 is 52.6 Å². The van der Waals surface area contributed by atoms with Gasteiger partial charge in [-0.2, -0.15) is 0 Å². The van der Waals surface area contributed by atoms with E-state index >= 15 is 0 Å². The van der Waals surface area contributed by atoms with E-state index in [9.17, 15) is 19.8 Å². The van der Waals surface area contributed by atoms with Crippen LogP contribution in [-0.2, 0) is 31.8 Å². The third kappa shape index (κ3) is 4.36. The van der Waals surface area contributed by atoms with Gasteiger partial charge in [0.15, 0.2) is 28.5 Å². The molecule has 0 radical (unpaired) electrons. The monoisotopic (exact) mass is 797 g/mol. The summed E-state index contributed by atoms with van der Waals surface area (Å²) in [6.45, 7) is 7.59. The molecule has 57 heavy (non-hydrogen) atoms. The van der Waals surface area contributed by atoms with Gasteiger partial charge < -0.3 is 43.1 Å². The van der Waals surface area contributed by atoms with Crippen molar-refractivity contribution in [3.05, 3.63) is 69.0 Å². The highest BCUT2D eigenvalue weighted by Crippen LogP contribution is 2.70. The first kappa shape index (κ1) is 35.5. The van der Waals surface area contributed by atoms with Gasteiger partial charge in [0.05, 0.1) is 37.6 Å². The Kier molecular flexibility index (Phi) is 7.44. The number of piperazine rings is 1. The van der Waals surface area contributed by atoms with Crippen molar-refractivity contribution in [2.45, 2.75) is 87.3 Å². The first-order valence-corrected chi connectivity index (χ1v) is 20.4. The van der Waals surface area contributed by atoms with Crippen molar-refractivity contribution in [3.8, 4) is 34.5 Å². The molecule has 3 saturated heterocycles. The molecule has 298 valence electrons. The molecule has 3 fully saturated rings. The van der Waals surface area contributed by atoms with Gasteiger partial charge >= 0.3 is 11.9 Å². The number of benzene rings is 3. The number of phenolic OH excluding ortho intramolecular Hbond substituents is 1. The summed E-state index contributed by atoms with van der Waals surface area (Å²) in [6.07, 6.45) is 0.272. The molecule has 14 nitrogen and oxygen atoms in total. The van der Waals surface area contributed by atoms with Crippen LogP contribution in [0.4, 0.5) is 0 Å². The Balaban J connectivity index is 1.17. The van der Waals surface area contributed by atoms with Crippen LogP contribution >= 0.6 is 11.8 Å². The van der Waals surface area contributed by atoms with Gasteiger partial charge in [0.25, 0.3) is 0 Å². The first-order chi connectivity index (χ1) is 27.4. The predicted octanol–water partition coefficient (Wildman–Crippen LogP) is 4.90. The largest absolute Gasteiger partial charge is 0.504 e. The smallest absolute Gasteiger partial charge is 0.335 e. The van der Waals surface area contributed by atoms with Gasteiger partial charge in [-0.25, -0.2) is 4.79 Å². The molecule has 8 atom stereocenters. The number of phenols is 1. The molecular weight excluding hydrogens is 755 g/mol. The molecule has 8 aliphatic heterocycles. The Morgan fingerprint density at radius 3 is 2.63 bits per heavy atom. The number of hydrogen-bond acceptors (Lipinski definition) is 15. The minimum Gasteiger partial charge on any atom is -0.504 e. The standard InChI is InChI=1S/C42H43N3O11S/c1-17-11-23-27(32(47)33(17)51-6)30-31-37-29-28(36-35(53-16-54-36)18(2)34(29)55-19(3)46)25(44(31)39(48)24-13-41(23,4)45(24)30)14-52-40(49)42(15-57-37)38-21(9-10-43-42)22-12-20(50-5)7-8-26(22)56-38/h7-8,11-12,24-25,30-31,37,39,43,47-48H,9-10,13-16H2,1-6H3/t24-,25+,30?,31-,37-,39+,41-,42-/m1/s1. The summed E-state index contributed by atoms with van der Waals surface area (Å²) in [5, 5.41) is 28.7. The highest BCUT2D eigenvalue weighted by molar-refractivity contribution is 7.99. The normalized spacial score (nSPS) is 31.8. The van der Waals surface area contributed by atoms with Crippen molar-refractivity contribution in [1.82, 2.24) is 15.1 Å². The van der Waals surface area contributed by atoms with Crippen LogP contribution in [-0.4, -0.2) is 90.2 Å². The number of aliphatic hydroxyl groups is 1. The van der Waals surface area contributed by atoms with E-state index in [1.165, 1.54) is 18.7 Å². The van der Waals surface area contributed by atoms with Crippen LogP contribution in [0.5, 0.6) is 34.5 Å². The van der Waals surface area contributed by atoms with Crippen LogP contribution in [0.2, 0.25) is 0 Å². The van der Waals surface area contributed by atoms with E-state index in [0.29, 0.717) is 76.2 Å². The van der Waals surface area contributed by atoms with Gasteiger partial charge in [-0.15, -0.1) is 11.8 Å². The number of nitrogens with zero attached hydrogens (tertiary/aromatic N) is 2. The second kappa shape index (κ2) is 11.9. The van der Waals surface area contributed by atoms with E-state index in [1.807, 2.05) is 32.0 Å². The molecule has 8 aliphatic rings. The number of nitrogens with one attached hydrogen (secondary N) is 1. The lowest BCUT2D eigenvalue weighted by atomic mass is 9.72. The fourth-order valence-corrected chi connectivity index (χ4v) is 13.1. The number of furan rings is 1. The Bertz CT molecular complexity index is 2470. The van der Waals surface area contributed by atoms with Gasteiger partial charge in [-0.05, 0) is 69.0 Å². The molecule has 9 heterocycles. The van der Waals surface area contributed by atoms with E-state index in [1.54, 1.807) is 14.2 Å². The maximum Gasteiger partial charge on any atom is 0.335 e. The van der Waals surface area contributed by atoms with Gasteiger partial charge in [0.1, 0.15) is 35.7 Å². The van der Waals surface area contributed by atoms with Crippen LogP contribution in [0.3, 0.4) is 0 Å². The number of methoxy groups -OCH3 is 2. The summed E-state index contributed by atoms with van der Waals surface area (Å²) in [7, 11) is 3.18. The fraction of sp³-hybridized carbons (Fsp3) is 0.476. The Morgan fingerprint density at radius 1 is 1.05 bits per heavy atom. The molecule has 0 amide bonds. The summed E-state index contributed by atoms with van der Waals surface area (Å²) >= 11 is 1.50. The molecule has 3 N–H and O–H groups in total. The summed E-state index contributed by atoms with van der Waals surface area (Å²) in [6, 6.07) is 5.69. The number of rotatable bonds is 3. The van der Waals surface area contributed by atoms with Gasteiger partial charge in [-0.1, -0.05) is 0 Å². The molecule has 15 heteroatoms. The number of fused-ring (bicyclic) bond motifs is 10. The average Bonchev–Trinajstić information content (AvgIpc) is 3.88. The molecule has 1 spiro atoms. The summed E-state index contributed by atoms with van der Waals surface area (Å²) in [5.74, 6) is 2.08. The molecule has 2 bridgehead atoms. The zero-order chi connectivity index (χ0) is 39.4. The number of hydrogen-bond donors (Lipinski definition) is 3. The average molecular weight is 798 g/mol. The van der Waals surface area contributed by atoms with E-state index in [4.69, 9.17) is 32.8 Å². The number of ether oxygens (including phenoxy) is 6. The second-order valence-corrected chi connectivity index (χ2v) is 17.6. The number of aliphatic hydroxyl groups excluding tert-OH is 1. The van der Waals surface area contributed by atoms with Crippen LogP contribution in [0, 0.1) is 13.8 Å². The lowest BCUT2D eigenvalue weighted by Gasteiger charge is -2.67. The van der Waals surface area contributed by atoms with Crippen molar-refractivity contribution in [3.63, 3.8) is 0 Å². The van der Waals surface area contributed by atoms with Crippen molar-refractivity contribution >= 4 is 34.7 Å². The van der Waals surface area contributed by atoms with E-state index in [2.05, 4.69) is 28.1 Å². The molecule has 4 aromatic rings. The zero-order valence-electron chi connectivity index (χ0n) is 32.4. The third-order valence-electron chi connectivity index (χ3n) is 13.7. The van der Waals surface area contributed by atoms with E-state index in [0.717, 1.165) is 27.6 Å². The number of aryl methyl sites for hydroxylation is 1. The van der Waals surface area contributed by atoms with Crippen LogP contribution in [0.25, 0.3) is 11.0 Å². The van der Waals surface area contributed by atoms with Crippen molar-refractivity contribution in [1.29, 1.82) is 0 Å². The quantitative estimate of drug-likeness (QED) is 0.190. The SMILES string of the molecule is COc1ccc2oc3c(c2c1)CCN[C@]31CS[C@@H]2c3c(OC(C)=O)c(C)c4c(c3[C@H](COC1=O)N1[C@@H]2C2c3c(cc(C)c(OC)c3O)[C@@]3(C)C[C@H]([C@@H]1O)N23)OCO4. The number of thioether (sulfide) groups is 1. The van der Waals surface area contributed by atoms with Crippen LogP contribution in [0.1, 0.15) is 82.3 Å². The maximum absolute atomic E-state index is 14.9. The molecule has 0 saturated carbocycles. The van der Waals surface area contributed by atoms with Crippen molar-refractivity contribution < 1.29 is 52.6 Å². The lowest BCUT2D eigenvalue weighted by Crippen LogP contribution is -2.75. The van der Waals surface area contributed by atoms with Crippen LogP contribution < -0.4 is 29.0 Å². The van der Waals surface area contributed by atoms with Crippen LogP contribution in [0.15, 0.2) is 28.7 Å². The lowest BCUT2D eigenvalue weighted by molar-refractivity contribution is -0.249. The summed E-state index contributed by atoms with van der Waals surface area (Å²) < 4.78 is 42.9. The summed E-state index contributed by atoms with van der Waals surface area (Å²) in [4.78, 5) is 32.3. The van der Waals surface area contributed by atoms with Crippen molar-refractivity contribution in [2.24, 2.45) is 0 Å². The maximum atomic E-state index is 14.9. The molecule has 3 aromatic carbocycles. The molecule has 1 aromatic heterocycles. The highest BCUT2D eigenvalue weighted by Gasteiger charge is 2.71. The number of carbonyl (C=O) groups excluding carboxylic acids is 2. The van der Waals surface area contributed by atoms with E-state index in [-0.39, 0.29) is 30.9 Å². The minimum atomic E-state index is -1.39. The highest BCUT2D eigenvalue weighted by atomic mass is 32.2. The zero-order valence-corrected chi connectivity index (χ0v) is 33.2. The van der Waals surface area contributed by atoms with Gasteiger partial charge in [-0.3, -0.25) is 19.9 Å². The molecule has 1 unspecified atom stereocenters. The predicted molar refractivity (Wildman–Crippen MR) is 205 cm³/mol. The number of carbonyl (C=O) groups is 2. The fourth-order valence-electron chi connectivity index (χ4n) is 11.4. The number of esters is 2. The minimum absolute atomic E-state index is 0.0488. The topological polar surface area (TPSA) is 162 Å². The van der Waals surface area contributed by atoms with Gasteiger partial charge in [0, 0.05) is 64.0 Å². The molecule has 0 aliphatic carbocycles. The number of aromatic hydroxyl groups is 1.